The molecule has 4 N–H and O–H groups in total. The van der Waals surface area contributed by atoms with Crippen molar-refractivity contribution in [1.82, 2.24) is 21.0 Å². The van der Waals surface area contributed by atoms with Crippen LogP contribution in [0.5, 0.6) is 0 Å². The number of halogens is 3. The van der Waals surface area contributed by atoms with Gasteiger partial charge in [-0.05, 0) is 31.6 Å². The van der Waals surface area contributed by atoms with E-state index in [9.17, 15) is 23.1 Å². The normalized spacial score (nSPS) is 45.2. The van der Waals surface area contributed by atoms with Crippen molar-refractivity contribution in [1.29, 1.82) is 0 Å². The van der Waals surface area contributed by atoms with Gasteiger partial charge in [0.2, 0.25) is 0 Å². The molecule has 0 aromatic carbocycles. The number of aliphatic hydroxyl groups excluding tert-OH is 1. The van der Waals surface area contributed by atoms with Crippen molar-refractivity contribution in [3.05, 3.63) is 0 Å². The van der Waals surface area contributed by atoms with Gasteiger partial charge in [0.05, 0.1) is 24.9 Å². The molecule has 11 heteroatoms. The zero-order valence-electron chi connectivity index (χ0n) is 18.5. The molecule has 5 rings (SSSR count). The van der Waals surface area contributed by atoms with Gasteiger partial charge in [-0.3, -0.25) is 20.5 Å². The average molecular weight is 471 g/mol. The summed E-state index contributed by atoms with van der Waals surface area (Å²) in [6.07, 6.45) is 0.283. The number of nitrogens with zero attached hydrogens (tertiary/aromatic N) is 3. The highest BCUT2D eigenvalue weighted by Crippen LogP contribution is 2.38. The Hall–Kier alpha value is -1.88. The minimum absolute atomic E-state index is 0.0942. The molecule has 0 bridgehead atoms. The van der Waals surface area contributed by atoms with Gasteiger partial charge in [0.15, 0.2) is 0 Å². The van der Waals surface area contributed by atoms with Crippen LogP contribution in [0.15, 0.2) is 10.1 Å². The highest BCUT2D eigenvalue weighted by molar-refractivity contribution is 6.40. The molecule has 3 aliphatic heterocycles. The number of aliphatic imine (C=N–C) groups is 1. The molecule has 3 fully saturated rings. The fraction of sp³-hybridized carbons (Fsp3) is 0.864. The largest absolute Gasteiger partial charge is 0.392 e. The third kappa shape index (κ3) is 4.58. The lowest BCUT2D eigenvalue weighted by molar-refractivity contribution is -0.126. The fourth-order valence-corrected chi connectivity index (χ4v) is 6.26. The zero-order valence-corrected chi connectivity index (χ0v) is 18.5. The topological polar surface area (TPSA) is 101 Å². The summed E-state index contributed by atoms with van der Waals surface area (Å²) in [5.74, 6) is -1.27. The monoisotopic (exact) mass is 470 g/mol. The standard InChI is InChI=1S/C22H33F3N6O2/c23-12-5-11(6-13(24)7-12)16-8-14(25)9-31(16)22(33)19-18-20(26-10-27-21(18)30-29-19)28-15-3-1-2-4-17(15)32/h10-18,20-21,28,30,32H,1-9H2,(H,26,27)/t11?,12?,13?,14-,15+,16+,17+,18?,20?,21?/m0/s1. The molecule has 0 aromatic heterocycles. The highest BCUT2D eigenvalue weighted by Gasteiger charge is 2.49. The molecule has 5 aliphatic rings. The summed E-state index contributed by atoms with van der Waals surface area (Å²) >= 11 is 0. The van der Waals surface area contributed by atoms with Crippen molar-refractivity contribution in [2.75, 3.05) is 6.54 Å². The molecule has 184 valence electrons. The van der Waals surface area contributed by atoms with Crippen LogP contribution < -0.4 is 16.1 Å². The van der Waals surface area contributed by atoms with Crippen molar-refractivity contribution in [3.8, 4) is 0 Å². The highest BCUT2D eigenvalue weighted by atomic mass is 19.1. The summed E-state index contributed by atoms with van der Waals surface area (Å²) in [5, 5.41) is 21.1. The molecular weight excluding hydrogens is 437 g/mol. The smallest absolute Gasteiger partial charge is 0.270 e. The number of aliphatic hydroxyl groups is 1. The molecule has 8 nitrogen and oxygen atoms in total. The van der Waals surface area contributed by atoms with E-state index in [1.54, 1.807) is 6.34 Å². The van der Waals surface area contributed by atoms with E-state index in [0.29, 0.717) is 0 Å². The Labute approximate surface area is 191 Å². The number of rotatable bonds is 4. The van der Waals surface area contributed by atoms with Crippen LogP contribution in [-0.4, -0.2) is 83.5 Å². The number of hydrogen-bond acceptors (Lipinski definition) is 7. The van der Waals surface area contributed by atoms with Crippen molar-refractivity contribution in [2.45, 2.75) is 100 Å². The van der Waals surface area contributed by atoms with E-state index in [1.165, 1.54) is 4.90 Å². The van der Waals surface area contributed by atoms with Gasteiger partial charge in [-0.1, -0.05) is 12.8 Å². The predicted molar refractivity (Wildman–Crippen MR) is 117 cm³/mol. The maximum Gasteiger partial charge on any atom is 0.270 e. The van der Waals surface area contributed by atoms with E-state index < -0.39 is 54.6 Å². The van der Waals surface area contributed by atoms with Crippen molar-refractivity contribution in [3.63, 3.8) is 0 Å². The second kappa shape index (κ2) is 9.40. The van der Waals surface area contributed by atoms with Crippen LogP contribution in [0, 0.1) is 11.8 Å². The van der Waals surface area contributed by atoms with Crippen LogP contribution in [0.3, 0.4) is 0 Å². The number of nitrogens with one attached hydrogen (secondary N) is 3. The number of carbonyl (C=O) groups is 1. The Morgan fingerprint density at radius 1 is 1.09 bits per heavy atom. The van der Waals surface area contributed by atoms with Gasteiger partial charge in [0, 0.05) is 24.9 Å². The molecule has 1 saturated heterocycles. The summed E-state index contributed by atoms with van der Waals surface area (Å²) in [5.41, 5.74) is 3.17. The van der Waals surface area contributed by atoms with Gasteiger partial charge < -0.3 is 15.3 Å². The van der Waals surface area contributed by atoms with Gasteiger partial charge in [-0.15, -0.1) is 0 Å². The Morgan fingerprint density at radius 3 is 2.61 bits per heavy atom. The quantitative estimate of drug-likeness (QED) is 0.494. The molecule has 33 heavy (non-hydrogen) atoms. The summed E-state index contributed by atoms with van der Waals surface area (Å²) in [6, 6.07) is -0.672. The molecular formula is C22H33F3N6O2. The van der Waals surface area contributed by atoms with Crippen LogP contribution in [-0.2, 0) is 4.79 Å². The summed E-state index contributed by atoms with van der Waals surface area (Å²) < 4.78 is 42.6. The van der Waals surface area contributed by atoms with E-state index in [0.717, 1.165) is 25.7 Å². The van der Waals surface area contributed by atoms with Gasteiger partial charge in [0.1, 0.15) is 36.6 Å². The molecule has 5 unspecified atom stereocenters. The molecule has 2 aliphatic carbocycles. The molecule has 0 aromatic rings. The van der Waals surface area contributed by atoms with E-state index >= 15 is 0 Å². The third-order valence-electron chi connectivity index (χ3n) is 7.89. The van der Waals surface area contributed by atoms with Gasteiger partial charge >= 0.3 is 0 Å². The Balaban J connectivity index is 1.33. The van der Waals surface area contributed by atoms with Crippen molar-refractivity contribution in [2.24, 2.45) is 21.9 Å². The predicted octanol–water partition coefficient (Wildman–Crippen LogP) is 1.15. The van der Waals surface area contributed by atoms with E-state index in [-0.39, 0.29) is 50.1 Å². The Morgan fingerprint density at radius 2 is 1.85 bits per heavy atom. The first-order chi connectivity index (χ1) is 15.9. The summed E-state index contributed by atoms with van der Waals surface area (Å²) in [4.78, 5) is 19.5. The van der Waals surface area contributed by atoms with Crippen molar-refractivity contribution >= 4 is 18.0 Å². The van der Waals surface area contributed by atoms with Gasteiger partial charge in [0.25, 0.3) is 5.91 Å². The maximum atomic E-state index is 14.5. The number of likely N-dealkylation sites (tertiary alicyclic amines) is 1. The molecule has 3 heterocycles. The minimum atomic E-state index is -1.27. The third-order valence-corrected chi connectivity index (χ3v) is 7.89. The lowest BCUT2D eigenvalue weighted by Crippen LogP contribution is -2.60. The lowest BCUT2D eigenvalue weighted by atomic mass is 9.80. The summed E-state index contributed by atoms with van der Waals surface area (Å²) in [6.45, 7) is -0.0968. The molecule has 0 spiro atoms. The van der Waals surface area contributed by atoms with Gasteiger partial charge in [-0.2, -0.15) is 5.10 Å². The first-order valence-electron chi connectivity index (χ1n) is 12.2. The lowest BCUT2D eigenvalue weighted by Gasteiger charge is -2.38. The van der Waals surface area contributed by atoms with E-state index in [4.69, 9.17) is 0 Å². The minimum Gasteiger partial charge on any atom is -0.392 e. The summed E-state index contributed by atoms with van der Waals surface area (Å²) in [7, 11) is 0. The van der Waals surface area contributed by atoms with Gasteiger partial charge in [-0.25, -0.2) is 13.2 Å². The Kier molecular flexibility index (Phi) is 6.52. The number of hydrogen-bond donors (Lipinski definition) is 4. The fourth-order valence-electron chi connectivity index (χ4n) is 6.26. The number of alkyl halides is 3. The molecule has 1 amide bonds. The van der Waals surface area contributed by atoms with E-state index in [2.05, 4.69) is 26.2 Å². The van der Waals surface area contributed by atoms with Crippen LogP contribution in [0.2, 0.25) is 0 Å². The first kappa shape index (κ1) is 22.9. The van der Waals surface area contributed by atoms with E-state index in [1.807, 2.05) is 0 Å². The number of fused-ring (bicyclic) bond motifs is 1. The molecule has 0 radical (unpaired) electrons. The molecule has 2 saturated carbocycles. The van der Waals surface area contributed by atoms with Crippen LogP contribution in [0.4, 0.5) is 13.2 Å². The zero-order chi connectivity index (χ0) is 23.1. The maximum absolute atomic E-state index is 14.5. The Bertz CT molecular complexity index is 790. The second-order valence-corrected chi connectivity index (χ2v) is 10.2. The van der Waals surface area contributed by atoms with Crippen LogP contribution in [0.1, 0.15) is 51.4 Å². The van der Waals surface area contributed by atoms with Crippen LogP contribution in [0.25, 0.3) is 0 Å². The number of hydrazone groups is 1. The first-order valence-corrected chi connectivity index (χ1v) is 12.2. The second-order valence-electron chi connectivity index (χ2n) is 10.2. The SMILES string of the molecule is O=C(C1=NNC2NC=NC(N[C@@H]3CCCC[C@H]3O)C12)N1C[C@@H](F)C[C@@H]1C1CC(F)CC(F)C1. The van der Waals surface area contributed by atoms with Crippen LogP contribution >= 0.6 is 0 Å². The average Bonchev–Trinajstić information content (AvgIpc) is 3.39. The van der Waals surface area contributed by atoms with Crippen molar-refractivity contribution < 1.29 is 23.1 Å². The number of carbonyl (C=O) groups excluding carboxylic acids is 1. The number of amides is 1. The molecule has 9 atom stereocenters.